The molecule has 2 atom stereocenters. The molecule has 0 radical (unpaired) electrons. The van der Waals surface area contributed by atoms with Crippen molar-refractivity contribution in [2.24, 2.45) is 5.92 Å². The molecule has 0 N–H and O–H groups in total. The number of piperidine rings is 1. The van der Waals surface area contributed by atoms with Gasteiger partial charge in [-0.15, -0.1) is 0 Å². The number of benzene rings is 1. The van der Waals surface area contributed by atoms with Crippen LogP contribution in [0.4, 0.5) is 17.6 Å². The molecule has 0 spiro atoms. The predicted octanol–water partition coefficient (Wildman–Crippen LogP) is 5.32. The van der Waals surface area contributed by atoms with Crippen LogP contribution in [-0.4, -0.2) is 45.0 Å². The van der Waals surface area contributed by atoms with Crippen LogP contribution in [0.25, 0.3) is 11.4 Å². The van der Waals surface area contributed by atoms with Crippen LogP contribution in [0.1, 0.15) is 41.3 Å². The second-order valence-corrected chi connectivity index (χ2v) is 8.62. The molecule has 1 aliphatic rings. The Morgan fingerprint density at radius 3 is 2.57 bits per heavy atom. The lowest BCUT2D eigenvalue weighted by atomic mass is 9.90. The smallest absolute Gasteiger partial charge is 0.417 e. The molecule has 0 aliphatic carbocycles. The second-order valence-electron chi connectivity index (χ2n) is 8.62. The van der Waals surface area contributed by atoms with E-state index in [0.717, 1.165) is 25.0 Å². The molecule has 1 fully saturated rings. The summed E-state index contributed by atoms with van der Waals surface area (Å²) < 4.78 is 59.2. The van der Waals surface area contributed by atoms with Crippen LogP contribution in [0.2, 0.25) is 0 Å². The summed E-state index contributed by atoms with van der Waals surface area (Å²) in [5, 5.41) is 0. The molecule has 1 aliphatic heterocycles. The van der Waals surface area contributed by atoms with Crippen LogP contribution in [-0.2, 0) is 6.18 Å². The summed E-state index contributed by atoms with van der Waals surface area (Å²) in [5.74, 6) is -0.898. The molecule has 0 unspecified atom stereocenters. The summed E-state index contributed by atoms with van der Waals surface area (Å²) in [6.45, 7) is 4.08. The summed E-state index contributed by atoms with van der Waals surface area (Å²) in [7, 11) is 0. The third-order valence-corrected chi connectivity index (χ3v) is 6.10. The minimum absolute atomic E-state index is 0.00984. The maximum atomic E-state index is 15.2. The molecule has 0 bridgehead atoms. The van der Waals surface area contributed by atoms with Gasteiger partial charge >= 0.3 is 6.18 Å². The molecular formula is C25H24F4N4O2. The van der Waals surface area contributed by atoms with Gasteiger partial charge in [0.2, 0.25) is 5.88 Å². The number of carbonyl (C=O) groups excluding carboxylic acids is 1. The predicted molar refractivity (Wildman–Crippen MR) is 120 cm³/mol. The first-order valence-electron chi connectivity index (χ1n) is 11.2. The van der Waals surface area contributed by atoms with Gasteiger partial charge in [0, 0.05) is 36.8 Å². The van der Waals surface area contributed by atoms with Crippen molar-refractivity contribution in [3.63, 3.8) is 0 Å². The zero-order chi connectivity index (χ0) is 25.2. The largest absolute Gasteiger partial charge is 0.475 e. The number of likely N-dealkylation sites (tertiary alicyclic amines) is 1. The van der Waals surface area contributed by atoms with Gasteiger partial charge in [0.25, 0.3) is 5.91 Å². The summed E-state index contributed by atoms with van der Waals surface area (Å²) in [5.41, 5.74) is -0.0658. The molecule has 2 aromatic heterocycles. The number of alkyl halides is 3. The summed E-state index contributed by atoms with van der Waals surface area (Å²) in [6.07, 6.45) is 0.804. The first-order chi connectivity index (χ1) is 16.6. The fourth-order valence-corrected chi connectivity index (χ4v) is 4.28. The highest BCUT2D eigenvalue weighted by Crippen LogP contribution is 2.32. The van der Waals surface area contributed by atoms with E-state index in [4.69, 9.17) is 4.74 Å². The number of carbonyl (C=O) groups is 1. The van der Waals surface area contributed by atoms with E-state index in [1.165, 1.54) is 18.5 Å². The Kier molecular flexibility index (Phi) is 7.00. The lowest BCUT2D eigenvalue weighted by molar-refractivity contribution is -0.137. The SMILES string of the molecule is Cc1cc(F)c(C(=O)N2CCC[C@@H](C)[C@H]2COc2ccc(C(F)(F)F)cn2)c(-c2ncccn2)c1. The molecule has 1 amide bonds. The van der Waals surface area contributed by atoms with Crippen molar-refractivity contribution < 1.29 is 27.1 Å². The van der Waals surface area contributed by atoms with E-state index in [0.29, 0.717) is 23.9 Å². The number of ether oxygens (including phenoxy) is 1. The molecule has 184 valence electrons. The molecule has 10 heteroatoms. The standard InChI is InChI=1S/C25H24F4N4O2/c1-15-11-18(23-30-8-4-9-31-23)22(19(26)12-15)24(34)33-10-3-5-16(2)20(33)14-35-21-7-6-17(13-32-21)25(27,28)29/h4,6-9,11-13,16,20H,3,5,10,14H2,1-2H3/t16-,20-/m1/s1. The molecule has 6 nitrogen and oxygen atoms in total. The van der Waals surface area contributed by atoms with Crippen LogP contribution in [0.3, 0.4) is 0 Å². The molecule has 4 rings (SSSR count). The number of amides is 1. The maximum Gasteiger partial charge on any atom is 0.417 e. The van der Waals surface area contributed by atoms with E-state index in [1.807, 2.05) is 6.92 Å². The second kappa shape index (κ2) is 9.97. The molecule has 1 saturated heterocycles. The highest BCUT2D eigenvalue weighted by atomic mass is 19.4. The van der Waals surface area contributed by atoms with Crippen molar-refractivity contribution in [3.8, 4) is 17.3 Å². The molecular weight excluding hydrogens is 464 g/mol. The van der Waals surface area contributed by atoms with E-state index in [-0.39, 0.29) is 29.8 Å². The van der Waals surface area contributed by atoms with Crippen molar-refractivity contribution in [3.05, 3.63) is 71.4 Å². The fraction of sp³-hybridized carbons (Fsp3) is 0.360. The Balaban J connectivity index is 1.60. The van der Waals surface area contributed by atoms with Gasteiger partial charge in [-0.05, 0) is 55.5 Å². The van der Waals surface area contributed by atoms with Gasteiger partial charge < -0.3 is 9.64 Å². The van der Waals surface area contributed by atoms with Gasteiger partial charge in [0.05, 0.1) is 17.2 Å². The highest BCUT2D eigenvalue weighted by Gasteiger charge is 2.36. The van der Waals surface area contributed by atoms with Gasteiger partial charge in [0.15, 0.2) is 5.82 Å². The van der Waals surface area contributed by atoms with Gasteiger partial charge in [-0.1, -0.05) is 6.92 Å². The van der Waals surface area contributed by atoms with E-state index >= 15 is 4.39 Å². The van der Waals surface area contributed by atoms with Crippen LogP contribution in [0, 0.1) is 18.7 Å². The van der Waals surface area contributed by atoms with Gasteiger partial charge in [-0.3, -0.25) is 4.79 Å². The topological polar surface area (TPSA) is 68.2 Å². The van der Waals surface area contributed by atoms with Crippen LogP contribution in [0.5, 0.6) is 5.88 Å². The normalized spacial score (nSPS) is 18.4. The highest BCUT2D eigenvalue weighted by molar-refractivity contribution is 6.00. The van der Waals surface area contributed by atoms with E-state index < -0.39 is 29.5 Å². The average Bonchev–Trinajstić information content (AvgIpc) is 2.82. The number of hydrogen-bond acceptors (Lipinski definition) is 5. The Morgan fingerprint density at radius 2 is 1.91 bits per heavy atom. The van der Waals surface area contributed by atoms with Gasteiger partial charge in [-0.25, -0.2) is 19.3 Å². The number of aryl methyl sites for hydroxylation is 1. The first kappa shape index (κ1) is 24.6. The van der Waals surface area contributed by atoms with E-state index in [2.05, 4.69) is 15.0 Å². The lowest BCUT2D eigenvalue weighted by Gasteiger charge is -2.40. The molecule has 35 heavy (non-hydrogen) atoms. The molecule has 3 aromatic rings. The number of pyridine rings is 1. The molecule has 3 heterocycles. The number of rotatable bonds is 5. The molecule has 0 saturated carbocycles. The zero-order valence-corrected chi connectivity index (χ0v) is 19.2. The Morgan fingerprint density at radius 1 is 1.17 bits per heavy atom. The number of nitrogens with zero attached hydrogens (tertiary/aromatic N) is 4. The first-order valence-corrected chi connectivity index (χ1v) is 11.2. The third kappa shape index (κ3) is 5.41. The van der Waals surface area contributed by atoms with Crippen molar-refractivity contribution >= 4 is 5.91 Å². The third-order valence-electron chi connectivity index (χ3n) is 6.10. The van der Waals surface area contributed by atoms with Crippen molar-refractivity contribution in [2.45, 2.75) is 38.9 Å². The van der Waals surface area contributed by atoms with Crippen molar-refractivity contribution in [2.75, 3.05) is 13.2 Å². The maximum absolute atomic E-state index is 15.2. The monoisotopic (exact) mass is 488 g/mol. The van der Waals surface area contributed by atoms with E-state index in [1.54, 1.807) is 24.0 Å². The molecule has 1 aromatic carbocycles. The van der Waals surface area contributed by atoms with Crippen LogP contribution in [0.15, 0.2) is 48.9 Å². The minimum Gasteiger partial charge on any atom is -0.475 e. The van der Waals surface area contributed by atoms with Crippen molar-refractivity contribution in [1.82, 2.24) is 19.9 Å². The van der Waals surface area contributed by atoms with Gasteiger partial charge in [0.1, 0.15) is 12.4 Å². The summed E-state index contributed by atoms with van der Waals surface area (Å²) >= 11 is 0. The Labute approximate surface area is 200 Å². The van der Waals surface area contributed by atoms with Crippen molar-refractivity contribution in [1.29, 1.82) is 0 Å². The number of halogens is 4. The Hall–Kier alpha value is -3.56. The average molecular weight is 488 g/mol. The lowest BCUT2D eigenvalue weighted by Crippen LogP contribution is -2.51. The number of hydrogen-bond donors (Lipinski definition) is 0. The summed E-state index contributed by atoms with van der Waals surface area (Å²) in [4.78, 5) is 27.4. The van der Waals surface area contributed by atoms with Gasteiger partial charge in [-0.2, -0.15) is 13.2 Å². The zero-order valence-electron chi connectivity index (χ0n) is 19.2. The summed E-state index contributed by atoms with van der Waals surface area (Å²) in [6, 6.07) is 6.22. The van der Waals surface area contributed by atoms with E-state index in [9.17, 15) is 18.0 Å². The Bertz CT molecular complexity index is 1190. The van der Waals surface area contributed by atoms with Crippen LogP contribution < -0.4 is 4.74 Å². The van der Waals surface area contributed by atoms with Crippen LogP contribution >= 0.6 is 0 Å². The number of aromatic nitrogens is 3. The quantitative estimate of drug-likeness (QED) is 0.455. The fourth-order valence-electron chi connectivity index (χ4n) is 4.28. The minimum atomic E-state index is -4.50.